The Labute approximate surface area is 182 Å². The first-order chi connectivity index (χ1) is 14.2. The van der Waals surface area contributed by atoms with Crippen molar-refractivity contribution in [3.8, 4) is 0 Å². The van der Waals surface area contributed by atoms with Crippen molar-refractivity contribution in [2.75, 3.05) is 0 Å². The zero-order valence-corrected chi connectivity index (χ0v) is 19.8. The van der Waals surface area contributed by atoms with Gasteiger partial charge in [-0.15, -0.1) is 0 Å². The minimum Gasteiger partial charge on any atom is -0.634 e. The van der Waals surface area contributed by atoms with Gasteiger partial charge in [0.15, 0.2) is 6.17 Å². The Kier molecular flexibility index (Phi) is 23.2. The molecule has 0 saturated heterocycles. The molecule has 29 heavy (non-hydrogen) atoms. The van der Waals surface area contributed by atoms with E-state index in [1.54, 1.807) is 0 Å². The van der Waals surface area contributed by atoms with Gasteiger partial charge in [-0.1, -0.05) is 129 Å². The summed E-state index contributed by atoms with van der Waals surface area (Å²) >= 11 is 0. The van der Waals surface area contributed by atoms with Gasteiger partial charge < -0.3 is 16.0 Å². The number of nitrogens with one attached hydrogen (secondary N) is 1. The van der Waals surface area contributed by atoms with Crippen LogP contribution in [-0.2, 0) is 4.79 Å². The Bertz CT molecular complexity index is 333. The van der Waals surface area contributed by atoms with E-state index in [-0.39, 0.29) is 12.1 Å². The second kappa shape index (κ2) is 23.7. The fourth-order valence-electron chi connectivity index (χ4n) is 3.88. The fraction of sp³-hybridized carbons (Fsp3) is 0.960. The van der Waals surface area contributed by atoms with Crippen LogP contribution >= 0.6 is 0 Å². The normalized spacial score (nSPS) is 12.2. The highest BCUT2D eigenvalue weighted by molar-refractivity contribution is 5.75. The van der Waals surface area contributed by atoms with Crippen molar-refractivity contribution in [3.05, 3.63) is 5.21 Å². The lowest BCUT2D eigenvalue weighted by molar-refractivity contribution is -0.631. The van der Waals surface area contributed by atoms with Crippen LogP contribution in [-0.4, -0.2) is 12.1 Å². The van der Waals surface area contributed by atoms with Gasteiger partial charge in [0.1, 0.15) is 0 Å². The van der Waals surface area contributed by atoms with Gasteiger partial charge in [-0.05, 0) is 6.42 Å². The number of hydrogen-bond donors (Lipinski definition) is 2. The summed E-state index contributed by atoms with van der Waals surface area (Å²) in [6, 6.07) is 0. The van der Waals surface area contributed by atoms with E-state index in [1.807, 2.05) is 6.92 Å². The van der Waals surface area contributed by atoms with Crippen molar-refractivity contribution in [3.63, 3.8) is 0 Å². The molecule has 0 spiro atoms. The molecule has 0 bridgehead atoms. The topological polar surface area (TPSA) is 68.8 Å². The van der Waals surface area contributed by atoms with E-state index in [2.05, 4.69) is 12.2 Å². The van der Waals surface area contributed by atoms with Crippen LogP contribution in [0.1, 0.15) is 149 Å². The second-order valence-corrected chi connectivity index (χ2v) is 8.83. The van der Waals surface area contributed by atoms with Crippen LogP contribution in [0.4, 0.5) is 0 Å². The molecule has 0 heterocycles. The standard InChI is InChI=1S/C25H52N2O2/c1-3-5-6-7-8-9-10-11-12-13-14-15-16-17-18-19-20-21-22-23-25(28)26-24(4-2)27-29/h24H,3-23,27H2,1-2H3,(H,26,28). The third-order valence-electron chi connectivity index (χ3n) is 5.96. The van der Waals surface area contributed by atoms with Crippen LogP contribution in [0, 0.1) is 5.21 Å². The number of quaternary nitrogens is 1. The first-order valence-corrected chi connectivity index (χ1v) is 13.0. The van der Waals surface area contributed by atoms with Crippen LogP contribution in [0.2, 0.25) is 0 Å². The lowest BCUT2D eigenvalue weighted by Crippen LogP contribution is -2.88. The number of unbranched alkanes of at least 4 members (excludes halogenated alkanes) is 18. The number of hydroxylamine groups is 1. The highest BCUT2D eigenvalue weighted by Gasteiger charge is 2.08. The minimum atomic E-state index is -0.303. The summed E-state index contributed by atoms with van der Waals surface area (Å²) < 4.78 is 0. The molecule has 1 unspecified atom stereocenters. The predicted octanol–water partition coefficient (Wildman–Crippen LogP) is 6.72. The number of hydrogen-bond acceptors (Lipinski definition) is 2. The summed E-state index contributed by atoms with van der Waals surface area (Å²) in [6.45, 7) is 4.20. The summed E-state index contributed by atoms with van der Waals surface area (Å²) in [6.07, 6.45) is 26.8. The molecular weight excluding hydrogens is 360 g/mol. The Morgan fingerprint density at radius 1 is 0.655 bits per heavy atom. The van der Waals surface area contributed by atoms with Crippen molar-refractivity contribution in [2.45, 2.75) is 155 Å². The molecule has 0 aromatic heterocycles. The largest absolute Gasteiger partial charge is 0.634 e. The fourth-order valence-corrected chi connectivity index (χ4v) is 3.88. The molecule has 0 aliphatic carbocycles. The maximum absolute atomic E-state index is 11.7. The average Bonchev–Trinajstić information content (AvgIpc) is 2.73. The van der Waals surface area contributed by atoms with Crippen molar-refractivity contribution in [2.24, 2.45) is 0 Å². The molecule has 4 nitrogen and oxygen atoms in total. The van der Waals surface area contributed by atoms with Crippen molar-refractivity contribution in [1.29, 1.82) is 0 Å². The minimum absolute atomic E-state index is 0.0240. The van der Waals surface area contributed by atoms with Crippen molar-refractivity contribution in [1.82, 2.24) is 5.32 Å². The predicted molar refractivity (Wildman–Crippen MR) is 126 cm³/mol. The van der Waals surface area contributed by atoms with Gasteiger partial charge in [0.25, 0.3) is 0 Å². The Morgan fingerprint density at radius 2 is 1.00 bits per heavy atom. The van der Waals surface area contributed by atoms with Crippen LogP contribution in [0.15, 0.2) is 0 Å². The molecule has 174 valence electrons. The van der Waals surface area contributed by atoms with Gasteiger partial charge in [0, 0.05) is 12.8 Å². The summed E-state index contributed by atoms with van der Waals surface area (Å²) in [4.78, 5) is 11.7. The summed E-state index contributed by atoms with van der Waals surface area (Å²) in [5.74, 6) is 0.0240. The lowest BCUT2D eigenvalue weighted by atomic mass is 10.0. The molecule has 3 N–H and O–H groups in total. The molecule has 4 heteroatoms. The molecule has 0 rings (SSSR count). The van der Waals surface area contributed by atoms with Crippen LogP contribution in [0.3, 0.4) is 0 Å². The monoisotopic (exact) mass is 412 g/mol. The maximum Gasteiger partial charge on any atom is 0.224 e. The van der Waals surface area contributed by atoms with E-state index in [0.29, 0.717) is 12.8 Å². The molecule has 1 amide bonds. The molecule has 0 aliphatic heterocycles. The molecule has 0 fully saturated rings. The third kappa shape index (κ3) is 21.9. The number of rotatable bonds is 23. The van der Waals surface area contributed by atoms with Gasteiger partial charge in [0.2, 0.25) is 5.91 Å². The number of carbonyl (C=O) groups is 1. The maximum atomic E-state index is 11.7. The summed E-state index contributed by atoms with van der Waals surface area (Å²) in [5, 5.41) is 13.5. The van der Waals surface area contributed by atoms with Gasteiger partial charge in [0.05, 0.1) is 0 Å². The lowest BCUT2D eigenvalue weighted by Gasteiger charge is -2.16. The van der Waals surface area contributed by atoms with E-state index < -0.39 is 0 Å². The molecule has 0 saturated carbocycles. The van der Waals surface area contributed by atoms with E-state index in [0.717, 1.165) is 18.3 Å². The SMILES string of the molecule is CCCCCCCCCCCCCCCCCCCCCC(=O)NC(CC)[NH2+][O-]. The van der Waals surface area contributed by atoms with Crippen LogP contribution in [0.5, 0.6) is 0 Å². The molecule has 0 aliphatic rings. The smallest absolute Gasteiger partial charge is 0.224 e. The highest BCUT2D eigenvalue weighted by Crippen LogP contribution is 2.14. The van der Waals surface area contributed by atoms with E-state index >= 15 is 0 Å². The Balaban J connectivity index is 3.14. The molecule has 1 atom stereocenters. The molecule has 0 radical (unpaired) electrons. The summed E-state index contributed by atoms with van der Waals surface area (Å²) in [7, 11) is 0. The van der Waals surface area contributed by atoms with Gasteiger partial charge >= 0.3 is 0 Å². The molecular formula is C25H52N2O2. The van der Waals surface area contributed by atoms with Crippen LogP contribution < -0.4 is 10.8 Å². The average molecular weight is 413 g/mol. The van der Waals surface area contributed by atoms with Gasteiger partial charge in [-0.2, -0.15) is 0 Å². The zero-order valence-electron chi connectivity index (χ0n) is 19.8. The summed E-state index contributed by atoms with van der Waals surface area (Å²) in [5.41, 5.74) is 0.828. The number of carbonyl (C=O) groups excluding carboxylic acids is 1. The van der Waals surface area contributed by atoms with E-state index in [9.17, 15) is 10.0 Å². The quantitative estimate of drug-likeness (QED) is 0.111. The zero-order chi connectivity index (χ0) is 21.4. The molecule has 0 aromatic carbocycles. The van der Waals surface area contributed by atoms with E-state index in [1.165, 1.54) is 109 Å². The number of amides is 1. The number of nitrogens with two attached hydrogens (primary N) is 1. The van der Waals surface area contributed by atoms with Crippen molar-refractivity contribution >= 4 is 5.91 Å². The van der Waals surface area contributed by atoms with Crippen LogP contribution in [0.25, 0.3) is 0 Å². The first kappa shape index (κ1) is 28.4. The van der Waals surface area contributed by atoms with Gasteiger partial charge in [-0.3, -0.25) is 4.79 Å². The van der Waals surface area contributed by atoms with Crippen molar-refractivity contribution < 1.29 is 10.3 Å². The van der Waals surface area contributed by atoms with Gasteiger partial charge in [-0.25, -0.2) is 0 Å². The Hall–Kier alpha value is -0.610. The molecule has 0 aromatic rings. The third-order valence-corrected chi connectivity index (χ3v) is 5.96. The highest BCUT2D eigenvalue weighted by atomic mass is 16.5. The second-order valence-electron chi connectivity index (χ2n) is 8.83. The van der Waals surface area contributed by atoms with E-state index in [4.69, 9.17) is 0 Å². The first-order valence-electron chi connectivity index (χ1n) is 13.0. The Morgan fingerprint density at radius 3 is 1.31 bits per heavy atom.